The molecule has 0 radical (unpaired) electrons. The van der Waals surface area contributed by atoms with Crippen molar-refractivity contribution in [2.24, 2.45) is 0 Å². The number of carboxylic acids is 1. The van der Waals surface area contributed by atoms with E-state index in [4.69, 9.17) is 21.7 Å². The number of hydrogen-bond donors (Lipinski definition) is 0. The standard InChI is InChI=1S/C14H13NO5S2/c1-19-9-3-4-10(20-2)8(5-9)6-11-13(18)15(7-12(16)17)14(21)22-11/h3-6H,7H2,1-2H3,(H,16,17)/p-1/b11-6+. The summed E-state index contributed by atoms with van der Waals surface area (Å²) in [6.07, 6.45) is 1.59. The molecule has 1 fully saturated rings. The van der Waals surface area contributed by atoms with Gasteiger partial charge in [0.05, 0.1) is 31.6 Å². The number of benzene rings is 1. The summed E-state index contributed by atoms with van der Waals surface area (Å²) >= 11 is 6.05. The van der Waals surface area contributed by atoms with E-state index in [0.717, 1.165) is 16.7 Å². The Bertz CT molecular complexity index is 671. The first-order chi connectivity index (χ1) is 10.5. The maximum Gasteiger partial charge on any atom is 0.266 e. The van der Waals surface area contributed by atoms with Gasteiger partial charge in [-0.05, 0) is 24.3 Å². The second-order valence-corrected chi connectivity index (χ2v) is 5.92. The topological polar surface area (TPSA) is 78.9 Å². The van der Waals surface area contributed by atoms with Gasteiger partial charge in [0, 0.05) is 5.56 Å². The fourth-order valence-corrected chi connectivity index (χ4v) is 3.10. The highest BCUT2D eigenvalue weighted by atomic mass is 32.2. The third kappa shape index (κ3) is 3.40. The Morgan fingerprint density at radius 3 is 2.73 bits per heavy atom. The summed E-state index contributed by atoms with van der Waals surface area (Å²) in [6.45, 7) is -0.558. The number of thiocarbonyl (C=S) groups is 1. The first-order valence-electron chi connectivity index (χ1n) is 6.13. The van der Waals surface area contributed by atoms with Gasteiger partial charge in [0.15, 0.2) is 0 Å². The lowest BCUT2D eigenvalue weighted by Crippen LogP contribution is -2.40. The molecule has 1 aromatic carbocycles. The van der Waals surface area contributed by atoms with E-state index < -0.39 is 18.4 Å². The van der Waals surface area contributed by atoms with Crippen LogP contribution in [0.5, 0.6) is 11.5 Å². The van der Waals surface area contributed by atoms with Crippen molar-refractivity contribution < 1.29 is 24.2 Å². The Kier molecular flexibility index (Phi) is 5.04. The number of aliphatic carboxylic acids is 1. The molecule has 1 amide bonds. The highest BCUT2D eigenvalue weighted by molar-refractivity contribution is 8.26. The summed E-state index contributed by atoms with van der Waals surface area (Å²) in [7, 11) is 3.05. The van der Waals surface area contributed by atoms with Gasteiger partial charge >= 0.3 is 0 Å². The summed E-state index contributed by atoms with van der Waals surface area (Å²) in [6, 6.07) is 5.16. The first kappa shape index (κ1) is 16.3. The molecule has 0 spiro atoms. The Morgan fingerprint density at radius 1 is 1.41 bits per heavy atom. The second-order valence-electron chi connectivity index (χ2n) is 4.25. The van der Waals surface area contributed by atoms with Gasteiger partial charge in [-0.2, -0.15) is 0 Å². The number of hydrogen-bond acceptors (Lipinski definition) is 7. The van der Waals surface area contributed by atoms with Crippen molar-refractivity contribution in [2.45, 2.75) is 0 Å². The molecule has 22 heavy (non-hydrogen) atoms. The molecule has 1 heterocycles. The van der Waals surface area contributed by atoms with Gasteiger partial charge in [-0.15, -0.1) is 0 Å². The Morgan fingerprint density at radius 2 is 2.14 bits per heavy atom. The lowest BCUT2D eigenvalue weighted by molar-refractivity contribution is -0.305. The summed E-state index contributed by atoms with van der Waals surface area (Å²) < 4.78 is 10.6. The van der Waals surface area contributed by atoms with E-state index in [-0.39, 0.29) is 4.32 Å². The van der Waals surface area contributed by atoms with E-state index in [1.54, 1.807) is 24.3 Å². The molecule has 0 atom stereocenters. The molecule has 116 valence electrons. The highest BCUT2D eigenvalue weighted by Crippen LogP contribution is 2.35. The number of carbonyl (C=O) groups excluding carboxylic acids is 2. The first-order valence-corrected chi connectivity index (χ1v) is 7.36. The molecule has 1 aliphatic rings. The third-order valence-electron chi connectivity index (χ3n) is 2.88. The Hall–Kier alpha value is -2.06. The third-order valence-corrected chi connectivity index (χ3v) is 4.26. The summed E-state index contributed by atoms with van der Waals surface area (Å²) in [5, 5.41) is 10.7. The van der Waals surface area contributed by atoms with Gasteiger partial charge in [-0.1, -0.05) is 24.0 Å². The maximum absolute atomic E-state index is 12.2. The van der Waals surface area contributed by atoms with Gasteiger partial charge in [0.25, 0.3) is 5.91 Å². The molecular weight excluding hydrogens is 326 g/mol. The molecule has 6 nitrogen and oxygen atoms in total. The van der Waals surface area contributed by atoms with Gasteiger partial charge in [-0.3, -0.25) is 9.69 Å². The van der Waals surface area contributed by atoms with Crippen molar-refractivity contribution in [3.8, 4) is 11.5 Å². The fourth-order valence-electron chi connectivity index (χ4n) is 1.86. The molecule has 1 saturated heterocycles. The van der Waals surface area contributed by atoms with E-state index in [1.165, 1.54) is 14.2 Å². The molecule has 1 aliphatic heterocycles. The van der Waals surface area contributed by atoms with E-state index in [1.807, 2.05) is 0 Å². The van der Waals surface area contributed by atoms with Crippen molar-refractivity contribution in [2.75, 3.05) is 20.8 Å². The zero-order valence-corrected chi connectivity index (χ0v) is 13.5. The minimum absolute atomic E-state index is 0.183. The maximum atomic E-state index is 12.2. The molecule has 2 rings (SSSR count). The number of carboxylic acid groups (broad SMARTS) is 1. The number of methoxy groups -OCH3 is 2. The Balaban J connectivity index is 2.36. The van der Waals surface area contributed by atoms with Gasteiger partial charge in [-0.25, -0.2) is 0 Å². The molecule has 0 saturated carbocycles. The monoisotopic (exact) mass is 338 g/mol. The number of amides is 1. The van der Waals surface area contributed by atoms with Crippen LogP contribution in [0.15, 0.2) is 23.1 Å². The summed E-state index contributed by atoms with van der Waals surface area (Å²) in [5.74, 6) is -0.663. The van der Waals surface area contributed by atoms with E-state index in [9.17, 15) is 14.7 Å². The van der Waals surface area contributed by atoms with Crippen molar-refractivity contribution in [3.05, 3.63) is 28.7 Å². The predicted molar refractivity (Wildman–Crippen MR) is 84.4 cm³/mol. The molecule has 0 bridgehead atoms. The lowest BCUT2D eigenvalue weighted by atomic mass is 10.1. The minimum Gasteiger partial charge on any atom is -0.548 e. The van der Waals surface area contributed by atoms with Crippen molar-refractivity contribution in [1.82, 2.24) is 4.90 Å². The van der Waals surface area contributed by atoms with Crippen LogP contribution in [0, 0.1) is 0 Å². The molecule has 1 aromatic rings. The van der Waals surface area contributed by atoms with Crippen LogP contribution in [0.1, 0.15) is 5.56 Å². The highest BCUT2D eigenvalue weighted by Gasteiger charge is 2.32. The Labute approximate surface area is 136 Å². The van der Waals surface area contributed by atoms with Crippen molar-refractivity contribution in [3.63, 3.8) is 0 Å². The number of thioether (sulfide) groups is 1. The average molecular weight is 338 g/mol. The number of ether oxygens (including phenoxy) is 2. The van der Waals surface area contributed by atoms with Crippen LogP contribution in [-0.2, 0) is 9.59 Å². The lowest BCUT2D eigenvalue weighted by Gasteiger charge is -2.14. The van der Waals surface area contributed by atoms with Crippen LogP contribution in [0.3, 0.4) is 0 Å². The van der Waals surface area contributed by atoms with E-state index in [0.29, 0.717) is 22.0 Å². The SMILES string of the molecule is COc1ccc(OC)c(/C=C2/SC(=S)N(CC(=O)[O-])C2=O)c1. The molecule has 0 aromatic heterocycles. The van der Waals surface area contributed by atoms with Crippen molar-refractivity contribution >= 4 is 46.3 Å². The van der Waals surface area contributed by atoms with E-state index in [2.05, 4.69) is 0 Å². The predicted octanol–water partition coefficient (Wildman–Crippen LogP) is 0.655. The molecular formula is C14H12NO5S2-. The summed E-state index contributed by atoms with van der Waals surface area (Å²) in [5.41, 5.74) is 0.635. The zero-order chi connectivity index (χ0) is 16.3. The normalized spacial score (nSPS) is 16.3. The molecule has 0 unspecified atom stereocenters. The average Bonchev–Trinajstić information content (AvgIpc) is 2.74. The molecule has 8 heteroatoms. The van der Waals surface area contributed by atoms with Gasteiger partial charge in [0.2, 0.25) is 0 Å². The van der Waals surface area contributed by atoms with Crippen LogP contribution in [-0.4, -0.2) is 41.9 Å². The second kappa shape index (κ2) is 6.80. The number of rotatable bonds is 5. The zero-order valence-electron chi connectivity index (χ0n) is 11.8. The van der Waals surface area contributed by atoms with E-state index >= 15 is 0 Å². The largest absolute Gasteiger partial charge is 0.548 e. The van der Waals surface area contributed by atoms with Crippen LogP contribution in [0.25, 0.3) is 6.08 Å². The quantitative estimate of drug-likeness (QED) is 0.576. The van der Waals surface area contributed by atoms with Gasteiger partial charge < -0.3 is 19.4 Å². The molecule has 0 N–H and O–H groups in total. The number of nitrogens with zero attached hydrogens (tertiary/aromatic N) is 1. The van der Waals surface area contributed by atoms with Crippen LogP contribution in [0.2, 0.25) is 0 Å². The molecule has 0 aliphatic carbocycles. The fraction of sp³-hybridized carbons (Fsp3) is 0.214. The van der Waals surface area contributed by atoms with Crippen LogP contribution >= 0.6 is 24.0 Å². The summed E-state index contributed by atoms with van der Waals surface area (Å²) in [4.78, 5) is 24.2. The van der Waals surface area contributed by atoms with Gasteiger partial charge in [0.1, 0.15) is 15.8 Å². The smallest absolute Gasteiger partial charge is 0.266 e. The van der Waals surface area contributed by atoms with Crippen LogP contribution in [0.4, 0.5) is 0 Å². The van der Waals surface area contributed by atoms with Crippen LogP contribution < -0.4 is 14.6 Å². The number of carbonyl (C=O) groups is 2. The van der Waals surface area contributed by atoms with Crippen molar-refractivity contribution in [1.29, 1.82) is 0 Å². The minimum atomic E-state index is -1.36.